The third-order valence-corrected chi connectivity index (χ3v) is 2.86. The quantitative estimate of drug-likeness (QED) is 0.492. The van der Waals surface area contributed by atoms with Crippen LogP contribution in [-0.4, -0.2) is 42.4 Å². The van der Waals surface area contributed by atoms with Gasteiger partial charge in [0.15, 0.2) is 5.69 Å². The van der Waals surface area contributed by atoms with Crippen LogP contribution in [0, 0.1) is 6.92 Å². The number of carbonyl (C=O) groups is 1. The molecule has 0 aliphatic rings. The zero-order valence-corrected chi connectivity index (χ0v) is 11.9. The van der Waals surface area contributed by atoms with Gasteiger partial charge in [0.25, 0.3) is 5.91 Å². The molecule has 116 valence electrons. The molecule has 0 saturated heterocycles. The van der Waals surface area contributed by atoms with Crippen LogP contribution in [-0.2, 0) is 0 Å². The summed E-state index contributed by atoms with van der Waals surface area (Å²) in [4.78, 5) is 16.1. The molecule has 0 saturated carbocycles. The minimum atomic E-state index is -0.532. The number of nitrogens with two attached hydrogens (primary N) is 1. The lowest BCUT2D eigenvalue weighted by Crippen LogP contribution is -2.19. The topological polar surface area (TPSA) is 150 Å². The van der Waals surface area contributed by atoms with E-state index in [1.165, 1.54) is 10.9 Å². The first-order valence-corrected chi connectivity index (χ1v) is 6.42. The molecule has 1 amide bonds. The lowest BCUT2D eigenvalue weighted by Gasteiger charge is -1.99. The minimum absolute atomic E-state index is 0.0399. The van der Waals surface area contributed by atoms with Gasteiger partial charge in [-0.2, -0.15) is 9.78 Å². The van der Waals surface area contributed by atoms with Crippen molar-refractivity contribution in [1.29, 1.82) is 0 Å². The Balaban J connectivity index is 1.75. The molecule has 3 aromatic rings. The molecule has 0 fully saturated rings. The normalized spacial score (nSPS) is 11.0. The number of nitrogens with one attached hydrogen (secondary N) is 1. The largest absolute Gasteiger partial charge is 0.378 e. The summed E-state index contributed by atoms with van der Waals surface area (Å²) in [6.07, 6.45) is 3.03. The predicted molar refractivity (Wildman–Crippen MR) is 77.7 cm³/mol. The molecule has 3 rings (SSSR count). The summed E-state index contributed by atoms with van der Waals surface area (Å²) >= 11 is 0. The molecule has 0 aliphatic heterocycles. The molecular formula is C12H11N9O2. The van der Waals surface area contributed by atoms with Crippen LogP contribution in [0.2, 0.25) is 0 Å². The highest BCUT2D eigenvalue weighted by molar-refractivity contribution is 5.93. The Morgan fingerprint density at radius 1 is 1.43 bits per heavy atom. The van der Waals surface area contributed by atoms with Gasteiger partial charge in [0.1, 0.15) is 0 Å². The van der Waals surface area contributed by atoms with Gasteiger partial charge >= 0.3 is 0 Å². The molecule has 11 nitrogen and oxygen atoms in total. The molecular weight excluding hydrogens is 302 g/mol. The van der Waals surface area contributed by atoms with Crippen LogP contribution < -0.4 is 11.2 Å². The van der Waals surface area contributed by atoms with E-state index in [2.05, 4.69) is 40.8 Å². The molecule has 0 radical (unpaired) electrons. The molecule has 0 unspecified atom stereocenters. The Bertz CT molecular complexity index is 853. The van der Waals surface area contributed by atoms with Crippen LogP contribution in [0.3, 0.4) is 0 Å². The smallest absolute Gasteiger partial charge is 0.293 e. The molecule has 23 heavy (non-hydrogen) atoms. The van der Waals surface area contributed by atoms with Gasteiger partial charge in [0.05, 0.1) is 17.6 Å². The number of hydrogen-bond acceptors (Lipinski definition) is 9. The van der Waals surface area contributed by atoms with E-state index in [1.807, 2.05) is 6.07 Å². The number of nitrogen functional groups attached to an aromatic ring is 1. The summed E-state index contributed by atoms with van der Waals surface area (Å²) in [5, 5.41) is 18.4. The predicted octanol–water partition coefficient (Wildman–Crippen LogP) is -0.300. The van der Waals surface area contributed by atoms with Crippen molar-refractivity contribution in [3.05, 3.63) is 41.5 Å². The van der Waals surface area contributed by atoms with Crippen LogP contribution >= 0.6 is 0 Å². The second-order valence-electron chi connectivity index (χ2n) is 4.36. The van der Waals surface area contributed by atoms with E-state index >= 15 is 0 Å². The fourth-order valence-electron chi connectivity index (χ4n) is 1.74. The van der Waals surface area contributed by atoms with E-state index in [-0.39, 0.29) is 17.3 Å². The van der Waals surface area contributed by atoms with Crippen LogP contribution in [0.1, 0.15) is 21.9 Å². The molecule has 0 aromatic carbocycles. The Hall–Kier alpha value is -3.63. The molecule has 3 aromatic heterocycles. The number of carbonyl (C=O) groups excluding carboxylic acids is 1. The highest BCUT2D eigenvalue weighted by atomic mass is 16.6. The van der Waals surface area contributed by atoms with E-state index in [0.29, 0.717) is 11.4 Å². The second kappa shape index (κ2) is 6.01. The average Bonchev–Trinajstić information content (AvgIpc) is 3.14. The number of rotatable bonds is 4. The maximum atomic E-state index is 12.1. The van der Waals surface area contributed by atoms with Crippen LogP contribution in [0.5, 0.6) is 0 Å². The summed E-state index contributed by atoms with van der Waals surface area (Å²) < 4.78 is 5.75. The Morgan fingerprint density at radius 2 is 2.30 bits per heavy atom. The van der Waals surface area contributed by atoms with Crippen molar-refractivity contribution in [2.75, 3.05) is 5.73 Å². The van der Waals surface area contributed by atoms with Crippen LogP contribution in [0.15, 0.2) is 34.1 Å². The number of amides is 1. The number of hydrogen-bond donors (Lipinski definition) is 2. The molecule has 3 heterocycles. The molecule has 11 heteroatoms. The van der Waals surface area contributed by atoms with Gasteiger partial charge in [0, 0.05) is 6.20 Å². The molecule has 0 bridgehead atoms. The van der Waals surface area contributed by atoms with Crippen molar-refractivity contribution in [3.63, 3.8) is 0 Å². The standard InChI is InChI=1S/C12H11N9O2/c1-7-9(16-20-21(7)11-10(13)18-23-19-11)12(22)17-15-6-8-4-2-3-5-14-8/h2-6H,1H3,(H2,13,18)(H,17,22). The summed E-state index contributed by atoms with van der Waals surface area (Å²) in [6.45, 7) is 1.63. The number of hydrazone groups is 1. The first-order chi connectivity index (χ1) is 11.2. The van der Waals surface area contributed by atoms with E-state index in [0.717, 1.165) is 0 Å². The third-order valence-electron chi connectivity index (χ3n) is 2.86. The lowest BCUT2D eigenvalue weighted by molar-refractivity contribution is 0.0949. The van der Waals surface area contributed by atoms with Crippen molar-refractivity contribution in [3.8, 4) is 5.82 Å². The summed E-state index contributed by atoms with van der Waals surface area (Å²) in [6, 6.07) is 5.34. The van der Waals surface area contributed by atoms with E-state index in [9.17, 15) is 4.79 Å². The number of pyridine rings is 1. The maximum Gasteiger partial charge on any atom is 0.293 e. The van der Waals surface area contributed by atoms with Crippen LogP contribution in [0.4, 0.5) is 5.82 Å². The van der Waals surface area contributed by atoms with Crippen molar-refractivity contribution < 1.29 is 9.42 Å². The highest BCUT2D eigenvalue weighted by Crippen LogP contribution is 2.14. The Kier molecular flexibility index (Phi) is 3.74. The van der Waals surface area contributed by atoms with Gasteiger partial charge in [-0.05, 0) is 29.4 Å². The van der Waals surface area contributed by atoms with Crippen LogP contribution in [0.25, 0.3) is 5.82 Å². The number of nitrogens with zero attached hydrogens (tertiary/aromatic N) is 7. The van der Waals surface area contributed by atoms with Crippen molar-refractivity contribution in [1.82, 2.24) is 35.7 Å². The zero-order valence-electron chi connectivity index (χ0n) is 11.9. The molecule has 0 atom stereocenters. The second-order valence-corrected chi connectivity index (χ2v) is 4.36. The Morgan fingerprint density at radius 3 is 3.00 bits per heavy atom. The first-order valence-electron chi connectivity index (χ1n) is 6.42. The van der Waals surface area contributed by atoms with E-state index in [4.69, 9.17) is 5.73 Å². The average molecular weight is 313 g/mol. The molecule has 3 N–H and O–H groups in total. The summed E-state index contributed by atoms with van der Waals surface area (Å²) in [7, 11) is 0. The van der Waals surface area contributed by atoms with Gasteiger partial charge in [-0.25, -0.2) is 10.1 Å². The van der Waals surface area contributed by atoms with Gasteiger partial charge in [-0.3, -0.25) is 9.78 Å². The van der Waals surface area contributed by atoms with E-state index < -0.39 is 5.91 Å². The fraction of sp³-hybridized carbons (Fsp3) is 0.0833. The minimum Gasteiger partial charge on any atom is -0.378 e. The SMILES string of the molecule is Cc1c(C(=O)NN=Cc2ccccn2)nnn1-c1nonc1N. The highest BCUT2D eigenvalue weighted by Gasteiger charge is 2.20. The van der Waals surface area contributed by atoms with Gasteiger partial charge < -0.3 is 5.73 Å². The zero-order chi connectivity index (χ0) is 16.2. The lowest BCUT2D eigenvalue weighted by atomic mass is 10.3. The first kappa shape index (κ1) is 14.3. The van der Waals surface area contributed by atoms with Crippen molar-refractivity contribution in [2.45, 2.75) is 6.92 Å². The molecule has 0 aliphatic carbocycles. The van der Waals surface area contributed by atoms with Crippen molar-refractivity contribution in [2.24, 2.45) is 5.10 Å². The maximum absolute atomic E-state index is 12.1. The monoisotopic (exact) mass is 313 g/mol. The Labute approximate surface area is 129 Å². The van der Waals surface area contributed by atoms with E-state index in [1.54, 1.807) is 25.3 Å². The summed E-state index contributed by atoms with van der Waals surface area (Å²) in [5.41, 5.74) is 9.03. The number of anilines is 1. The van der Waals surface area contributed by atoms with Gasteiger partial charge in [0.2, 0.25) is 11.6 Å². The third kappa shape index (κ3) is 2.88. The number of aromatic nitrogens is 6. The summed E-state index contributed by atoms with van der Waals surface area (Å²) in [5.74, 6) is -0.333. The van der Waals surface area contributed by atoms with Crippen molar-refractivity contribution >= 4 is 17.9 Å². The fourth-order valence-corrected chi connectivity index (χ4v) is 1.74. The van der Waals surface area contributed by atoms with Gasteiger partial charge in [-0.1, -0.05) is 11.3 Å². The van der Waals surface area contributed by atoms with Gasteiger partial charge in [-0.15, -0.1) is 5.10 Å². The molecule has 0 spiro atoms.